The summed E-state index contributed by atoms with van der Waals surface area (Å²) in [6.07, 6.45) is 11.2. The zero-order valence-corrected chi connectivity index (χ0v) is 11.8. The van der Waals surface area contributed by atoms with E-state index in [2.05, 4.69) is 17.6 Å². The number of unbranched alkanes of at least 4 members (excludes halogenated alkanes) is 7. The molecule has 0 aliphatic heterocycles. The van der Waals surface area contributed by atoms with Crippen LogP contribution in [0.15, 0.2) is 0 Å². The third kappa shape index (κ3) is 15.9. The van der Waals surface area contributed by atoms with Crippen LogP contribution in [0.25, 0.3) is 0 Å². The lowest BCUT2D eigenvalue weighted by molar-refractivity contribution is 0.547. The van der Waals surface area contributed by atoms with Crippen LogP contribution < -0.4 is 16.4 Å². The second kappa shape index (κ2) is 15.9. The van der Waals surface area contributed by atoms with Crippen molar-refractivity contribution in [1.82, 2.24) is 10.6 Å². The molecule has 3 heteroatoms. The van der Waals surface area contributed by atoms with Crippen molar-refractivity contribution in [3.05, 3.63) is 0 Å². The number of hydrogen-bond acceptors (Lipinski definition) is 3. The van der Waals surface area contributed by atoms with E-state index in [0.717, 1.165) is 26.2 Å². The Morgan fingerprint density at radius 3 is 1.76 bits per heavy atom. The molecule has 0 aromatic heterocycles. The lowest BCUT2D eigenvalue weighted by Gasteiger charge is -2.05. The SMILES string of the molecule is CCCCCCCCCCNCCNCCN. The molecule has 0 saturated heterocycles. The van der Waals surface area contributed by atoms with Crippen LogP contribution in [0.2, 0.25) is 0 Å². The van der Waals surface area contributed by atoms with Gasteiger partial charge in [0.2, 0.25) is 0 Å². The summed E-state index contributed by atoms with van der Waals surface area (Å²) in [5.41, 5.74) is 5.38. The largest absolute Gasteiger partial charge is 0.329 e. The summed E-state index contributed by atoms with van der Waals surface area (Å²) in [6, 6.07) is 0. The van der Waals surface area contributed by atoms with E-state index in [4.69, 9.17) is 5.73 Å². The first-order valence-electron chi connectivity index (χ1n) is 7.53. The van der Waals surface area contributed by atoms with Gasteiger partial charge in [-0.2, -0.15) is 0 Å². The van der Waals surface area contributed by atoms with Crippen molar-refractivity contribution in [3.63, 3.8) is 0 Å². The minimum Gasteiger partial charge on any atom is -0.329 e. The van der Waals surface area contributed by atoms with Crippen LogP contribution in [0.4, 0.5) is 0 Å². The number of nitrogens with one attached hydrogen (secondary N) is 2. The van der Waals surface area contributed by atoms with Crippen molar-refractivity contribution in [3.8, 4) is 0 Å². The third-order valence-electron chi connectivity index (χ3n) is 3.01. The van der Waals surface area contributed by atoms with Crippen LogP contribution >= 0.6 is 0 Å². The first-order valence-corrected chi connectivity index (χ1v) is 7.53. The maximum atomic E-state index is 5.38. The lowest BCUT2D eigenvalue weighted by Crippen LogP contribution is -2.31. The first kappa shape index (κ1) is 16.9. The van der Waals surface area contributed by atoms with E-state index in [1.54, 1.807) is 0 Å². The summed E-state index contributed by atoms with van der Waals surface area (Å²) in [5.74, 6) is 0. The van der Waals surface area contributed by atoms with E-state index in [1.807, 2.05) is 0 Å². The zero-order chi connectivity index (χ0) is 12.6. The predicted octanol–water partition coefficient (Wildman–Crippen LogP) is 2.26. The molecule has 0 bridgehead atoms. The molecule has 0 saturated carbocycles. The Labute approximate surface area is 108 Å². The molecule has 0 aromatic carbocycles. The Morgan fingerprint density at radius 1 is 0.647 bits per heavy atom. The van der Waals surface area contributed by atoms with Gasteiger partial charge in [-0.25, -0.2) is 0 Å². The molecule has 0 radical (unpaired) electrons. The average molecular weight is 243 g/mol. The molecule has 0 spiro atoms. The second-order valence-corrected chi connectivity index (χ2v) is 4.76. The van der Waals surface area contributed by atoms with Crippen LogP contribution in [-0.2, 0) is 0 Å². The summed E-state index contributed by atoms with van der Waals surface area (Å²) in [4.78, 5) is 0. The van der Waals surface area contributed by atoms with E-state index in [9.17, 15) is 0 Å². The van der Waals surface area contributed by atoms with Crippen LogP contribution in [0.5, 0.6) is 0 Å². The van der Waals surface area contributed by atoms with E-state index in [0.29, 0.717) is 0 Å². The van der Waals surface area contributed by atoms with Crippen molar-refractivity contribution in [2.45, 2.75) is 58.3 Å². The molecule has 0 atom stereocenters. The van der Waals surface area contributed by atoms with Gasteiger partial charge in [-0.15, -0.1) is 0 Å². The van der Waals surface area contributed by atoms with Gasteiger partial charge in [0.05, 0.1) is 0 Å². The van der Waals surface area contributed by atoms with Gasteiger partial charge in [-0.3, -0.25) is 0 Å². The standard InChI is InChI=1S/C14H33N3/c1-2-3-4-5-6-7-8-9-11-16-13-14-17-12-10-15/h16-17H,2-15H2,1H3. The minimum absolute atomic E-state index is 0.734. The highest BCUT2D eigenvalue weighted by Gasteiger charge is 1.91. The first-order chi connectivity index (χ1) is 8.41. The second-order valence-electron chi connectivity index (χ2n) is 4.76. The summed E-state index contributed by atoms with van der Waals surface area (Å²) < 4.78 is 0. The van der Waals surface area contributed by atoms with Gasteiger partial charge in [0.1, 0.15) is 0 Å². The molecular weight excluding hydrogens is 210 g/mol. The number of nitrogens with two attached hydrogens (primary N) is 1. The maximum absolute atomic E-state index is 5.38. The summed E-state index contributed by atoms with van der Waals surface area (Å²) in [5, 5.41) is 6.73. The molecule has 0 amide bonds. The van der Waals surface area contributed by atoms with Crippen LogP contribution in [0, 0.1) is 0 Å². The van der Waals surface area contributed by atoms with Crippen molar-refractivity contribution >= 4 is 0 Å². The van der Waals surface area contributed by atoms with Crippen molar-refractivity contribution in [2.75, 3.05) is 32.7 Å². The van der Waals surface area contributed by atoms with Crippen LogP contribution in [0.1, 0.15) is 58.3 Å². The monoisotopic (exact) mass is 243 g/mol. The van der Waals surface area contributed by atoms with Gasteiger partial charge >= 0.3 is 0 Å². The van der Waals surface area contributed by atoms with Crippen LogP contribution in [0.3, 0.4) is 0 Å². The zero-order valence-electron chi connectivity index (χ0n) is 11.8. The quantitative estimate of drug-likeness (QED) is 0.410. The van der Waals surface area contributed by atoms with E-state index in [1.165, 1.54) is 57.9 Å². The lowest BCUT2D eigenvalue weighted by atomic mass is 10.1. The normalized spacial score (nSPS) is 10.9. The Kier molecular flexibility index (Phi) is 15.8. The Hall–Kier alpha value is -0.120. The Bertz CT molecular complexity index is 115. The summed E-state index contributed by atoms with van der Waals surface area (Å²) >= 11 is 0. The smallest absolute Gasteiger partial charge is 0.00772 e. The molecule has 0 aromatic rings. The molecule has 0 rings (SSSR count). The highest BCUT2D eigenvalue weighted by atomic mass is 14.9. The molecule has 3 nitrogen and oxygen atoms in total. The highest BCUT2D eigenvalue weighted by molar-refractivity contribution is 4.53. The van der Waals surface area contributed by atoms with Gasteiger partial charge in [0.15, 0.2) is 0 Å². The molecule has 4 N–H and O–H groups in total. The van der Waals surface area contributed by atoms with Crippen molar-refractivity contribution < 1.29 is 0 Å². The molecule has 104 valence electrons. The Balaban J connectivity index is 2.85. The number of rotatable bonds is 14. The fraction of sp³-hybridized carbons (Fsp3) is 1.00. The van der Waals surface area contributed by atoms with Crippen molar-refractivity contribution in [2.24, 2.45) is 5.73 Å². The Morgan fingerprint density at radius 2 is 1.18 bits per heavy atom. The van der Waals surface area contributed by atoms with Crippen LogP contribution in [-0.4, -0.2) is 32.7 Å². The van der Waals surface area contributed by atoms with Gasteiger partial charge < -0.3 is 16.4 Å². The van der Waals surface area contributed by atoms with E-state index < -0.39 is 0 Å². The fourth-order valence-electron chi connectivity index (χ4n) is 1.91. The van der Waals surface area contributed by atoms with Gasteiger partial charge in [0, 0.05) is 26.2 Å². The molecule has 17 heavy (non-hydrogen) atoms. The third-order valence-corrected chi connectivity index (χ3v) is 3.01. The van der Waals surface area contributed by atoms with Gasteiger partial charge in [-0.1, -0.05) is 51.9 Å². The van der Waals surface area contributed by atoms with Gasteiger partial charge in [0.25, 0.3) is 0 Å². The molecule has 0 fully saturated rings. The topological polar surface area (TPSA) is 50.1 Å². The molecule has 0 heterocycles. The predicted molar refractivity (Wildman–Crippen MR) is 77.4 cm³/mol. The molecule has 0 aliphatic rings. The number of hydrogen-bond donors (Lipinski definition) is 3. The molecule has 0 aliphatic carbocycles. The maximum Gasteiger partial charge on any atom is 0.00772 e. The summed E-state index contributed by atoms with van der Waals surface area (Å²) in [6.45, 7) is 7.20. The molecule has 0 unspecified atom stereocenters. The molecular formula is C14H33N3. The fourth-order valence-corrected chi connectivity index (χ4v) is 1.91. The summed E-state index contributed by atoms with van der Waals surface area (Å²) in [7, 11) is 0. The van der Waals surface area contributed by atoms with Gasteiger partial charge in [-0.05, 0) is 13.0 Å². The average Bonchev–Trinajstić information content (AvgIpc) is 2.35. The van der Waals surface area contributed by atoms with E-state index in [-0.39, 0.29) is 0 Å². The van der Waals surface area contributed by atoms with E-state index >= 15 is 0 Å². The van der Waals surface area contributed by atoms with Crippen molar-refractivity contribution in [1.29, 1.82) is 0 Å². The highest BCUT2D eigenvalue weighted by Crippen LogP contribution is 2.07. The minimum atomic E-state index is 0.734.